The SMILES string of the molecule is FC(F)(F)c1cc(Br)ccc1CN1CCC2(CCNC2)C1. The van der Waals surface area contributed by atoms with E-state index in [0.717, 1.165) is 39.0 Å². The minimum absolute atomic E-state index is 0.285. The number of likely N-dealkylation sites (tertiary alicyclic amines) is 1. The first-order valence-corrected chi connectivity index (χ1v) is 7.96. The molecule has 1 aromatic carbocycles. The Hall–Kier alpha value is -0.590. The highest BCUT2D eigenvalue weighted by atomic mass is 79.9. The van der Waals surface area contributed by atoms with Gasteiger partial charge in [-0.05, 0) is 49.0 Å². The molecular formula is C15H18BrF3N2. The molecule has 1 N–H and O–H groups in total. The van der Waals surface area contributed by atoms with Crippen LogP contribution in [0.25, 0.3) is 0 Å². The molecule has 1 atom stereocenters. The van der Waals surface area contributed by atoms with Gasteiger partial charge in [-0.25, -0.2) is 0 Å². The molecule has 1 spiro atoms. The number of rotatable bonds is 2. The average molecular weight is 363 g/mol. The lowest BCUT2D eigenvalue weighted by atomic mass is 9.86. The fourth-order valence-electron chi connectivity index (χ4n) is 3.50. The third kappa shape index (κ3) is 3.27. The van der Waals surface area contributed by atoms with Crippen molar-refractivity contribution in [3.05, 3.63) is 33.8 Å². The summed E-state index contributed by atoms with van der Waals surface area (Å²) in [7, 11) is 0. The fourth-order valence-corrected chi connectivity index (χ4v) is 3.86. The summed E-state index contributed by atoms with van der Waals surface area (Å²) in [5, 5.41) is 3.37. The highest BCUT2D eigenvalue weighted by Crippen LogP contribution is 2.38. The van der Waals surface area contributed by atoms with Crippen LogP contribution < -0.4 is 5.32 Å². The molecule has 2 saturated heterocycles. The molecule has 0 bridgehead atoms. The Morgan fingerprint density at radius 3 is 2.76 bits per heavy atom. The number of hydrogen-bond donors (Lipinski definition) is 1. The standard InChI is InChI=1S/C15H18BrF3N2/c16-12-2-1-11(13(7-12)15(17,18)19)8-21-6-4-14(10-21)3-5-20-9-14/h1-2,7,20H,3-6,8-10H2. The smallest absolute Gasteiger partial charge is 0.316 e. The first-order chi connectivity index (χ1) is 9.88. The summed E-state index contributed by atoms with van der Waals surface area (Å²) in [5.74, 6) is 0. The van der Waals surface area contributed by atoms with E-state index in [4.69, 9.17) is 0 Å². The maximum atomic E-state index is 13.1. The Bertz CT molecular complexity index is 524. The zero-order valence-electron chi connectivity index (χ0n) is 11.6. The summed E-state index contributed by atoms with van der Waals surface area (Å²) in [5.41, 5.74) is 0.129. The van der Waals surface area contributed by atoms with Crippen LogP contribution in [-0.2, 0) is 12.7 Å². The van der Waals surface area contributed by atoms with E-state index in [9.17, 15) is 13.2 Å². The molecular weight excluding hydrogens is 345 g/mol. The lowest BCUT2D eigenvalue weighted by Crippen LogP contribution is -2.29. The van der Waals surface area contributed by atoms with Gasteiger partial charge in [-0.1, -0.05) is 22.0 Å². The molecule has 2 heterocycles. The van der Waals surface area contributed by atoms with Crippen molar-refractivity contribution in [3.63, 3.8) is 0 Å². The highest BCUT2D eigenvalue weighted by molar-refractivity contribution is 9.10. The van der Waals surface area contributed by atoms with E-state index in [1.165, 1.54) is 6.07 Å². The van der Waals surface area contributed by atoms with Crippen LogP contribution in [0.15, 0.2) is 22.7 Å². The average Bonchev–Trinajstić information content (AvgIpc) is 3.02. The van der Waals surface area contributed by atoms with Crippen LogP contribution in [0.4, 0.5) is 13.2 Å². The van der Waals surface area contributed by atoms with Crippen molar-refractivity contribution in [3.8, 4) is 0 Å². The van der Waals surface area contributed by atoms with Crippen molar-refractivity contribution >= 4 is 15.9 Å². The van der Waals surface area contributed by atoms with E-state index in [-0.39, 0.29) is 5.41 Å². The molecule has 3 rings (SSSR count). The number of halogens is 4. The Balaban J connectivity index is 1.76. The van der Waals surface area contributed by atoms with Gasteiger partial charge < -0.3 is 5.32 Å². The monoisotopic (exact) mass is 362 g/mol. The zero-order chi connectivity index (χ0) is 15.1. The number of nitrogens with one attached hydrogen (secondary N) is 1. The van der Waals surface area contributed by atoms with E-state index < -0.39 is 11.7 Å². The van der Waals surface area contributed by atoms with E-state index in [1.807, 2.05) is 0 Å². The van der Waals surface area contributed by atoms with Gasteiger partial charge in [0.2, 0.25) is 0 Å². The van der Waals surface area contributed by atoms with Crippen LogP contribution in [0.3, 0.4) is 0 Å². The van der Waals surface area contributed by atoms with Crippen molar-refractivity contribution in [2.24, 2.45) is 5.41 Å². The minimum Gasteiger partial charge on any atom is -0.316 e. The van der Waals surface area contributed by atoms with Gasteiger partial charge in [0.25, 0.3) is 0 Å². The summed E-state index contributed by atoms with van der Waals surface area (Å²) in [6.07, 6.45) is -2.08. The van der Waals surface area contributed by atoms with Gasteiger partial charge in [0, 0.05) is 24.1 Å². The van der Waals surface area contributed by atoms with Crippen molar-refractivity contribution in [2.75, 3.05) is 26.2 Å². The van der Waals surface area contributed by atoms with Gasteiger partial charge in [-0.3, -0.25) is 4.90 Å². The molecule has 1 aromatic rings. The summed E-state index contributed by atoms with van der Waals surface area (Å²) < 4.78 is 39.9. The molecule has 1 unspecified atom stereocenters. The molecule has 2 aliphatic rings. The largest absolute Gasteiger partial charge is 0.416 e. The Labute approximate surface area is 130 Å². The zero-order valence-corrected chi connectivity index (χ0v) is 13.2. The highest BCUT2D eigenvalue weighted by Gasteiger charge is 2.41. The number of benzene rings is 1. The number of nitrogens with zero attached hydrogens (tertiary/aromatic N) is 1. The van der Waals surface area contributed by atoms with Crippen molar-refractivity contribution in [2.45, 2.75) is 25.6 Å². The van der Waals surface area contributed by atoms with Crippen LogP contribution in [0.5, 0.6) is 0 Å². The van der Waals surface area contributed by atoms with Crippen LogP contribution in [-0.4, -0.2) is 31.1 Å². The number of hydrogen-bond acceptors (Lipinski definition) is 2. The summed E-state index contributed by atoms with van der Waals surface area (Å²) >= 11 is 3.13. The molecule has 21 heavy (non-hydrogen) atoms. The van der Waals surface area contributed by atoms with Crippen LogP contribution in [0.2, 0.25) is 0 Å². The minimum atomic E-state index is -4.30. The van der Waals surface area contributed by atoms with E-state index in [2.05, 4.69) is 26.1 Å². The van der Waals surface area contributed by atoms with Crippen molar-refractivity contribution < 1.29 is 13.2 Å². The van der Waals surface area contributed by atoms with E-state index in [1.54, 1.807) is 12.1 Å². The third-order valence-corrected chi connectivity index (χ3v) is 5.11. The summed E-state index contributed by atoms with van der Waals surface area (Å²) in [4.78, 5) is 2.16. The lowest BCUT2D eigenvalue weighted by molar-refractivity contribution is -0.138. The Morgan fingerprint density at radius 1 is 1.29 bits per heavy atom. The molecule has 116 valence electrons. The second kappa shape index (κ2) is 5.56. The lowest BCUT2D eigenvalue weighted by Gasteiger charge is -2.24. The molecule has 0 aliphatic carbocycles. The van der Waals surface area contributed by atoms with Gasteiger partial charge in [0.15, 0.2) is 0 Å². The first kappa shape index (κ1) is 15.3. The van der Waals surface area contributed by atoms with E-state index in [0.29, 0.717) is 16.6 Å². The van der Waals surface area contributed by atoms with Crippen LogP contribution in [0, 0.1) is 5.41 Å². The quantitative estimate of drug-likeness (QED) is 0.863. The van der Waals surface area contributed by atoms with Gasteiger partial charge in [0.1, 0.15) is 0 Å². The predicted octanol–water partition coefficient (Wildman–Crippen LogP) is 3.65. The normalized spacial score (nSPS) is 26.9. The number of alkyl halides is 3. The van der Waals surface area contributed by atoms with Crippen molar-refractivity contribution in [1.82, 2.24) is 10.2 Å². The molecule has 6 heteroatoms. The summed E-state index contributed by atoms with van der Waals surface area (Å²) in [6, 6.07) is 4.45. The van der Waals surface area contributed by atoms with Crippen LogP contribution >= 0.6 is 15.9 Å². The van der Waals surface area contributed by atoms with Gasteiger partial charge >= 0.3 is 6.18 Å². The predicted molar refractivity (Wildman–Crippen MR) is 79.0 cm³/mol. The topological polar surface area (TPSA) is 15.3 Å². The van der Waals surface area contributed by atoms with Gasteiger partial charge in [0.05, 0.1) is 5.56 Å². The fraction of sp³-hybridized carbons (Fsp3) is 0.600. The second-order valence-corrected chi connectivity index (χ2v) is 7.10. The molecule has 2 aliphatic heterocycles. The van der Waals surface area contributed by atoms with Crippen LogP contribution in [0.1, 0.15) is 24.0 Å². The summed E-state index contributed by atoms with van der Waals surface area (Å²) in [6.45, 7) is 4.18. The molecule has 0 saturated carbocycles. The van der Waals surface area contributed by atoms with Crippen molar-refractivity contribution in [1.29, 1.82) is 0 Å². The van der Waals surface area contributed by atoms with Gasteiger partial charge in [-0.15, -0.1) is 0 Å². The molecule has 0 aromatic heterocycles. The molecule has 2 fully saturated rings. The Morgan fingerprint density at radius 2 is 2.10 bits per heavy atom. The maximum absolute atomic E-state index is 13.1. The van der Waals surface area contributed by atoms with Gasteiger partial charge in [-0.2, -0.15) is 13.2 Å². The Kier molecular flexibility index (Phi) is 4.05. The molecule has 2 nitrogen and oxygen atoms in total. The third-order valence-electron chi connectivity index (χ3n) is 4.62. The van der Waals surface area contributed by atoms with E-state index >= 15 is 0 Å². The second-order valence-electron chi connectivity index (χ2n) is 6.19. The maximum Gasteiger partial charge on any atom is 0.416 e. The molecule has 0 radical (unpaired) electrons. The first-order valence-electron chi connectivity index (χ1n) is 7.17. The molecule has 0 amide bonds.